The van der Waals surface area contributed by atoms with Crippen molar-refractivity contribution in [3.63, 3.8) is 0 Å². The Bertz CT molecular complexity index is 3600. The van der Waals surface area contributed by atoms with E-state index < -0.39 is 11.6 Å². The van der Waals surface area contributed by atoms with E-state index in [1.807, 2.05) is 218 Å². The smallest absolute Gasteiger partial charge is 0.208 e. The van der Waals surface area contributed by atoms with Crippen LogP contribution in [0.3, 0.4) is 0 Å². The Hall–Kier alpha value is -9.99. The quantitative estimate of drug-likeness (QED) is 0.121. The van der Waals surface area contributed by atoms with Gasteiger partial charge in [0, 0.05) is 33.4 Å². The molecule has 12 aromatic rings. The SMILES string of the molecule is CC(c1ccc(-c2nc(-c3ccccc3-c3ccccc3)nc(-c3ccccc3-c3ccccc3)n2)cc1)(c1ccc(-c2nc(-c3ccccc3-c3ccccc3)nc(-c3ccccc3-c3ccccc3)n2)cc1)C(F)(F)F. The van der Waals surface area contributed by atoms with Crippen LogP contribution in [0.2, 0.25) is 0 Å². The Kier molecular flexibility index (Phi) is 13.1. The van der Waals surface area contributed by atoms with E-state index in [4.69, 9.17) is 29.9 Å². The van der Waals surface area contributed by atoms with Crippen LogP contribution in [-0.4, -0.2) is 36.1 Å². The summed E-state index contributed by atoms with van der Waals surface area (Å²) in [5.41, 5.74) is 9.53. The zero-order valence-electron chi connectivity index (χ0n) is 42.2. The minimum absolute atomic E-state index is 0.0459. The van der Waals surface area contributed by atoms with Crippen molar-refractivity contribution in [2.45, 2.75) is 18.5 Å². The third kappa shape index (κ3) is 9.54. The molecule has 0 saturated carbocycles. The van der Waals surface area contributed by atoms with Gasteiger partial charge in [-0.05, 0) is 62.6 Å². The summed E-state index contributed by atoms with van der Waals surface area (Å²) in [5.74, 6) is 2.36. The van der Waals surface area contributed by atoms with E-state index in [2.05, 4.69) is 0 Å². The summed E-state index contributed by atoms with van der Waals surface area (Å²) >= 11 is 0. The van der Waals surface area contributed by atoms with Crippen LogP contribution in [0.1, 0.15) is 18.1 Å². The molecule has 78 heavy (non-hydrogen) atoms. The molecule has 0 radical (unpaired) electrons. The van der Waals surface area contributed by atoms with E-state index >= 15 is 13.2 Å². The number of halogens is 3. The van der Waals surface area contributed by atoms with Gasteiger partial charge in [-0.15, -0.1) is 0 Å². The molecule has 0 N–H and O–H groups in total. The molecular formula is C69H47F3N6. The first-order chi connectivity index (χ1) is 38.2. The van der Waals surface area contributed by atoms with Crippen LogP contribution in [0.5, 0.6) is 0 Å². The van der Waals surface area contributed by atoms with Crippen molar-refractivity contribution >= 4 is 0 Å². The molecule has 0 aliphatic carbocycles. The highest BCUT2D eigenvalue weighted by Gasteiger charge is 2.53. The zero-order valence-corrected chi connectivity index (χ0v) is 42.2. The Morgan fingerprint density at radius 1 is 0.218 bits per heavy atom. The van der Waals surface area contributed by atoms with E-state index in [1.165, 1.54) is 31.2 Å². The van der Waals surface area contributed by atoms with Crippen LogP contribution < -0.4 is 0 Å². The Balaban J connectivity index is 0.945. The van der Waals surface area contributed by atoms with Crippen molar-refractivity contribution in [2.24, 2.45) is 0 Å². The number of aromatic nitrogens is 6. The summed E-state index contributed by atoms with van der Waals surface area (Å²) in [7, 11) is 0. The first-order valence-corrected chi connectivity index (χ1v) is 25.6. The second-order valence-electron chi connectivity index (χ2n) is 19.0. The van der Waals surface area contributed by atoms with E-state index in [-0.39, 0.29) is 11.1 Å². The van der Waals surface area contributed by atoms with Crippen LogP contribution in [0.25, 0.3) is 113 Å². The van der Waals surface area contributed by atoms with Crippen molar-refractivity contribution in [2.75, 3.05) is 0 Å². The number of alkyl halides is 3. The summed E-state index contributed by atoms with van der Waals surface area (Å²) in [6.45, 7) is 1.22. The van der Waals surface area contributed by atoms with Crippen LogP contribution in [0.4, 0.5) is 13.2 Å². The third-order valence-electron chi connectivity index (χ3n) is 14.3. The first-order valence-electron chi connectivity index (χ1n) is 25.6. The molecule has 6 nitrogen and oxygen atoms in total. The maximum Gasteiger partial charge on any atom is 0.402 e. The number of benzene rings is 10. The van der Waals surface area contributed by atoms with Crippen LogP contribution in [0.15, 0.2) is 267 Å². The van der Waals surface area contributed by atoms with Crippen molar-refractivity contribution in [3.05, 3.63) is 278 Å². The minimum Gasteiger partial charge on any atom is -0.208 e. The van der Waals surface area contributed by atoms with Gasteiger partial charge < -0.3 is 0 Å². The predicted octanol–water partition coefficient (Wildman–Crippen LogP) is 17.6. The van der Waals surface area contributed by atoms with Gasteiger partial charge in [-0.1, -0.05) is 267 Å². The topological polar surface area (TPSA) is 77.3 Å². The molecule has 0 amide bonds. The van der Waals surface area contributed by atoms with E-state index in [9.17, 15) is 0 Å². The number of rotatable bonds is 12. The lowest BCUT2D eigenvalue weighted by Gasteiger charge is -2.33. The van der Waals surface area contributed by atoms with Gasteiger partial charge in [-0.25, -0.2) is 29.9 Å². The molecule has 10 aromatic carbocycles. The van der Waals surface area contributed by atoms with Crippen molar-refractivity contribution in [1.82, 2.24) is 29.9 Å². The Labute approximate surface area is 450 Å². The second-order valence-corrected chi connectivity index (χ2v) is 19.0. The molecule has 2 heterocycles. The summed E-state index contributed by atoms with van der Waals surface area (Å²) in [6.07, 6.45) is -4.71. The average Bonchev–Trinajstić information content (AvgIpc) is 3.66. The molecule has 0 saturated heterocycles. The predicted molar refractivity (Wildman–Crippen MR) is 307 cm³/mol. The van der Waals surface area contributed by atoms with Gasteiger partial charge in [0.2, 0.25) is 0 Å². The molecule has 374 valence electrons. The van der Waals surface area contributed by atoms with E-state index in [0.717, 1.165) is 66.8 Å². The lowest BCUT2D eigenvalue weighted by molar-refractivity contribution is -0.173. The molecule has 0 unspecified atom stereocenters. The highest BCUT2D eigenvalue weighted by Crippen LogP contribution is 2.47. The largest absolute Gasteiger partial charge is 0.402 e. The summed E-state index contributed by atoms with van der Waals surface area (Å²) in [4.78, 5) is 30.5. The minimum atomic E-state index is -4.71. The monoisotopic (exact) mass is 1020 g/mol. The molecule has 0 aliphatic heterocycles. The number of hydrogen-bond donors (Lipinski definition) is 0. The molecule has 9 heteroatoms. The van der Waals surface area contributed by atoms with Crippen molar-refractivity contribution in [1.29, 1.82) is 0 Å². The molecule has 0 bridgehead atoms. The fourth-order valence-corrected chi connectivity index (χ4v) is 10.1. The van der Waals surface area contributed by atoms with E-state index in [1.54, 1.807) is 24.3 Å². The molecule has 0 atom stereocenters. The molecule has 0 aliphatic rings. The first kappa shape index (κ1) is 48.9. The lowest BCUT2D eigenvalue weighted by atomic mass is 9.75. The summed E-state index contributed by atoms with van der Waals surface area (Å²) in [5, 5.41) is 0. The van der Waals surface area contributed by atoms with Gasteiger partial charge in [-0.3, -0.25) is 0 Å². The van der Waals surface area contributed by atoms with Crippen LogP contribution in [0, 0.1) is 0 Å². The Morgan fingerprint density at radius 2 is 0.423 bits per heavy atom. The molecule has 2 aromatic heterocycles. The molecule has 12 rings (SSSR count). The lowest BCUT2D eigenvalue weighted by Crippen LogP contribution is -2.40. The van der Waals surface area contributed by atoms with Gasteiger partial charge in [0.05, 0.1) is 0 Å². The van der Waals surface area contributed by atoms with Crippen LogP contribution in [-0.2, 0) is 5.41 Å². The average molecular weight is 1020 g/mol. The van der Waals surface area contributed by atoms with Gasteiger partial charge in [-0.2, -0.15) is 13.2 Å². The molecule has 0 spiro atoms. The van der Waals surface area contributed by atoms with Gasteiger partial charge in [0.15, 0.2) is 34.9 Å². The maximum absolute atomic E-state index is 15.9. The fourth-order valence-electron chi connectivity index (χ4n) is 10.1. The van der Waals surface area contributed by atoms with Gasteiger partial charge in [0.1, 0.15) is 5.41 Å². The summed E-state index contributed by atoms with van der Waals surface area (Å²) < 4.78 is 47.8. The molecule has 0 fully saturated rings. The maximum atomic E-state index is 15.9. The third-order valence-corrected chi connectivity index (χ3v) is 14.3. The van der Waals surface area contributed by atoms with Crippen molar-refractivity contribution < 1.29 is 13.2 Å². The number of hydrogen-bond acceptors (Lipinski definition) is 6. The van der Waals surface area contributed by atoms with Crippen LogP contribution >= 0.6 is 0 Å². The normalized spacial score (nSPS) is 11.6. The van der Waals surface area contributed by atoms with Crippen molar-refractivity contribution in [3.8, 4) is 113 Å². The van der Waals surface area contributed by atoms with Gasteiger partial charge in [0.25, 0.3) is 0 Å². The van der Waals surface area contributed by atoms with E-state index in [0.29, 0.717) is 46.1 Å². The highest BCUT2D eigenvalue weighted by atomic mass is 19.4. The Morgan fingerprint density at radius 3 is 0.654 bits per heavy atom. The highest BCUT2D eigenvalue weighted by molar-refractivity contribution is 5.86. The molecular weight excluding hydrogens is 970 g/mol. The number of nitrogens with zero attached hydrogens (tertiary/aromatic N) is 6. The summed E-state index contributed by atoms with van der Waals surface area (Å²) in [6, 6.07) is 84.5. The zero-order chi connectivity index (χ0) is 53.1. The fraction of sp³-hybridized carbons (Fsp3) is 0.0435. The standard InChI is InChI=1S/C69H47F3N6/c1-68(69(70,71)72,52-42-38-50(39-43-52)62-73-64(58-34-18-14-30-54(58)46-22-6-2-7-23-46)77-65(74-62)59-35-19-15-31-55(59)47-24-8-3-9-25-47)53-44-40-51(41-45-53)63-75-66(60-36-20-16-32-56(60)48-26-10-4-11-27-48)78-67(76-63)61-37-21-17-33-57(61)49-28-12-5-13-29-49/h2-45H,1H3. The van der Waals surface area contributed by atoms with Gasteiger partial charge >= 0.3 is 6.18 Å². The second kappa shape index (κ2) is 21.0.